The van der Waals surface area contributed by atoms with Crippen LogP contribution in [0.2, 0.25) is 0 Å². The first-order chi connectivity index (χ1) is 6.74. The third-order valence-electron chi connectivity index (χ3n) is 2.82. The Bertz CT molecular complexity index is 176. The maximum absolute atomic E-state index is 11.4. The lowest BCUT2D eigenvalue weighted by atomic mass is 9.95. The largest absolute Gasteiger partial charge is 0.383 e. The highest BCUT2D eigenvalue weighted by molar-refractivity contribution is 5.80. The lowest BCUT2D eigenvalue weighted by Gasteiger charge is -2.23. The third kappa shape index (κ3) is 3.66. The molecule has 0 aliphatic heterocycles. The number of nitrogens with one attached hydrogen (secondary N) is 1. The van der Waals surface area contributed by atoms with Crippen LogP contribution in [0.1, 0.15) is 51.9 Å². The Morgan fingerprint density at radius 2 is 2.07 bits per heavy atom. The SMILES string of the molecule is CCCC(O)C(=O)NC1CCCCC1. The predicted molar refractivity (Wildman–Crippen MR) is 55.9 cm³/mol. The Labute approximate surface area is 85.9 Å². The van der Waals surface area contributed by atoms with Crippen molar-refractivity contribution in [2.24, 2.45) is 0 Å². The average molecular weight is 199 g/mol. The van der Waals surface area contributed by atoms with E-state index in [2.05, 4.69) is 5.32 Å². The van der Waals surface area contributed by atoms with Crippen LogP contribution in [0.3, 0.4) is 0 Å². The molecule has 1 rings (SSSR count). The Kier molecular flexibility index (Phi) is 4.94. The number of hydrogen-bond donors (Lipinski definition) is 2. The molecular formula is C11H21NO2. The van der Waals surface area contributed by atoms with Crippen LogP contribution < -0.4 is 5.32 Å². The number of rotatable bonds is 4. The van der Waals surface area contributed by atoms with E-state index in [-0.39, 0.29) is 5.91 Å². The second-order valence-corrected chi connectivity index (χ2v) is 4.15. The summed E-state index contributed by atoms with van der Waals surface area (Å²) in [4.78, 5) is 11.4. The fraction of sp³-hybridized carbons (Fsp3) is 0.909. The molecule has 0 heterocycles. The van der Waals surface area contributed by atoms with Gasteiger partial charge in [0, 0.05) is 6.04 Å². The molecule has 1 amide bonds. The van der Waals surface area contributed by atoms with Gasteiger partial charge in [0.15, 0.2) is 0 Å². The van der Waals surface area contributed by atoms with Crippen molar-refractivity contribution in [3.8, 4) is 0 Å². The van der Waals surface area contributed by atoms with Crippen LogP contribution in [-0.4, -0.2) is 23.2 Å². The van der Waals surface area contributed by atoms with E-state index in [1.165, 1.54) is 19.3 Å². The van der Waals surface area contributed by atoms with Crippen molar-refractivity contribution in [2.75, 3.05) is 0 Å². The average Bonchev–Trinajstić information content (AvgIpc) is 2.19. The molecule has 1 unspecified atom stereocenters. The number of carbonyl (C=O) groups is 1. The van der Waals surface area contributed by atoms with Crippen LogP contribution in [0, 0.1) is 0 Å². The Morgan fingerprint density at radius 1 is 1.43 bits per heavy atom. The van der Waals surface area contributed by atoms with Gasteiger partial charge in [-0.25, -0.2) is 0 Å². The van der Waals surface area contributed by atoms with E-state index < -0.39 is 6.10 Å². The Morgan fingerprint density at radius 3 is 2.64 bits per heavy atom. The molecule has 14 heavy (non-hydrogen) atoms. The summed E-state index contributed by atoms with van der Waals surface area (Å²) in [7, 11) is 0. The van der Waals surface area contributed by atoms with Gasteiger partial charge >= 0.3 is 0 Å². The highest BCUT2D eigenvalue weighted by Gasteiger charge is 2.19. The molecule has 1 atom stereocenters. The quantitative estimate of drug-likeness (QED) is 0.722. The van der Waals surface area contributed by atoms with Crippen LogP contribution >= 0.6 is 0 Å². The highest BCUT2D eigenvalue weighted by atomic mass is 16.3. The van der Waals surface area contributed by atoms with Gasteiger partial charge in [-0.2, -0.15) is 0 Å². The van der Waals surface area contributed by atoms with Crippen LogP contribution in [0.15, 0.2) is 0 Å². The first-order valence-electron chi connectivity index (χ1n) is 5.72. The molecule has 0 bridgehead atoms. The molecule has 0 radical (unpaired) electrons. The van der Waals surface area contributed by atoms with Crippen molar-refractivity contribution in [1.29, 1.82) is 0 Å². The van der Waals surface area contributed by atoms with Crippen molar-refractivity contribution >= 4 is 5.91 Å². The topological polar surface area (TPSA) is 49.3 Å². The normalized spacial score (nSPS) is 20.4. The van der Waals surface area contributed by atoms with Gasteiger partial charge in [0.05, 0.1) is 0 Å². The Balaban J connectivity index is 2.24. The van der Waals surface area contributed by atoms with E-state index >= 15 is 0 Å². The second-order valence-electron chi connectivity index (χ2n) is 4.15. The van der Waals surface area contributed by atoms with E-state index in [0.717, 1.165) is 19.3 Å². The van der Waals surface area contributed by atoms with E-state index in [0.29, 0.717) is 12.5 Å². The van der Waals surface area contributed by atoms with Gasteiger partial charge in [-0.05, 0) is 19.3 Å². The fourth-order valence-corrected chi connectivity index (χ4v) is 1.95. The van der Waals surface area contributed by atoms with Crippen LogP contribution in [0.5, 0.6) is 0 Å². The van der Waals surface area contributed by atoms with Gasteiger partial charge in [-0.3, -0.25) is 4.79 Å². The van der Waals surface area contributed by atoms with Crippen LogP contribution in [0.25, 0.3) is 0 Å². The summed E-state index contributed by atoms with van der Waals surface area (Å²) >= 11 is 0. The molecule has 82 valence electrons. The zero-order chi connectivity index (χ0) is 10.4. The fourth-order valence-electron chi connectivity index (χ4n) is 1.95. The molecule has 0 spiro atoms. The molecular weight excluding hydrogens is 178 g/mol. The number of aliphatic hydroxyl groups excluding tert-OH is 1. The molecule has 1 fully saturated rings. The summed E-state index contributed by atoms with van der Waals surface area (Å²) in [6.07, 6.45) is 6.45. The third-order valence-corrected chi connectivity index (χ3v) is 2.82. The molecule has 1 aliphatic carbocycles. The second kappa shape index (κ2) is 6.02. The molecule has 0 aromatic heterocycles. The molecule has 0 aromatic carbocycles. The summed E-state index contributed by atoms with van der Waals surface area (Å²) in [6.45, 7) is 1.97. The van der Waals surface area contributed by atoms with Gasteiger partial charge in [0.1, 0.15) is 6.10 Å². The summed E-state index contributed by atoms with van der Waals surface area (Å²) in [5, 5.41) is 12.4. The standard InChI is InChI=1S/C11H21NO2/c1-2-6-10(13)11(14)12-9-7-4-3-5-8-9/h9-10,13H,2-8H2,1H3,(H,12,14). The van der Waals surface area contributed by atoms with Crippen molar-refractivity contribution < 1.29 is 9.90 Å². The minimum atomic E-state index is -0.804. The summed E-state index contributed by atoms with van der Waals surface area (Å²) in [5.41, 5.74) is 0. The number of aliphatic hydroxyl groups is 1. The first-order valence-corrected chi connectivity index (χ1v) is 5.72. The maximum atomic E-state index is 11.4. The Hall–Kier alpha value is -0.570. The summed E-state index contributed by atoms with van der Waals surface area (Å²) in [6, 6.07) is 0.308. The highest BCUT2D eigenvalue weighted by Crippen LogP contribution is 2.17. The zero-order valence-corrected chi connectivity index (χ0v) is 8.96. The van der Waals surface area contributed by atoms with Gasteiger partial charge in [-0.1, -0.05) is 32.6 Å². The van der Waals surface area contributed by atoms with Gasteiger partial charge in [-0.15, -0.1) is 0 Å². The number of hydrogen-bond acceptors (Lipinski definition) is 2. The van der Waals surface area contributed by atoms with Crippen molar-refractivity contribution in [3.05, 3.63) is 0 Å². The summed E-state index contributed by atoms with van der Waals surface area (Å²) in [5.74, 6) is -0.182. The zero-order valence-electron chi connectivity index (χ0n) is 8.96. The van der Waals surface area contributed by atoms with Gasteiger partial charge in [0.25, 0.3) is 0 Å². The monoisotopic (exact) mass is 199 g/mol. The molecule has 1 saturated carbocycles. The maximum Gasteiger partial charge on any atom is 0.249 e. The molecule has 1 aliphatic rings. The first kappa shape index (κ1) is 11.5. The van der Waals surface area contributed by atoms with Crippen LogP contribution in [0.4, 0.5) is 0 Å². The lowest BCUT2D eigenvalue weighted by molar-refractivity contribution is -0.130. The van der Waals surface area contributed by atoms with E-state index in [9.17, 15) is 9.90 Å². The molecule has 3 heteroatoms. The lowest BCUT2D eigenvalue weighted by Crippen LogP contribution is -2.42. The smallest absolute Gasteiger partial charge is 0.249 e. The van der Waals surface area contributed by atoms with Crippen molar-refractivity contribution in [3.63, 3.8) is 0 Å². The van der Waals surface area contributed by atoms with Crippen molar-refractivity contribution in [2.45, 2.75) is 64.0 Å². The van der Waals surface area contributed by atoms with E-state index in [1.807, 2.05) is 6.92 Å². The van der Waals surface area contributed by atoms with E-state index in [4.69, 9.17) is 0 Å². The number of carbonyl (C=O) groups excluding carboxylic acids is 1. The predicted octanol–water partition coefficient (Wildman–Crippen LogP) is 1.60. The van der Waals surface area contributed by atoms with Crippen LogP contribution in [-0.2, 0) is 4.79 Å². The van der Waals surface area contributed by atoms with Gasteiger partial charge < -0.3 is 10.4 Å². The molecule has 0 saturated heterocycles. The van der Waals surface area contributed by atoms with Crippen molar-refractivity contribution in [1.82, 2.24) is 5.32 Å². The van der Waals surface area contributed by atoms with E-state index in [1.54, 1.807) is 0 Å². The number of amides is 1. The summed E-state index contributed by atoms with van der Waals surface area (Å²) < 4.78 is 0. The minimum absolute atomic E-state index is 0.182. The molecule has 3 nitrogen and oxygen atoms in total. The molecule has 0 aromatic rings. The van der Waals surface area contributed by atoms with Gasteiger partial charge in [0.2, 0.25) is 5.91 Å². The minimum Gasteiger partial charge on any atom is -0.383 e. The molecule has 2 N–H and O–H groups in total.